The first kappa shape index (κ1) is 33.6. The van der Waals surface area contributed by atoms with Crippen LogP contribution in [-0.4, -0.2) is 107 Å². The Hall–Kier alpha value is -3.25. The highest BCUT2D eigenvalue weighted by Gasteiger charge is 2.37. The zero-order chi connectivity index (χ0) is 31.9. The highest BCUT2D eigenvalue weighted by atomic mass is 32.2. The second-order valence-electron chi connectivity index (χ2n) is 11.9. The number of hydrogen-bond acceptors (Lipinski definition) is 9. The van der Waals surface area contributed by atoms with Crippen LogP contribution in [0.2, 0.25) is 0 Å². The van der Waals surface area contributed by atoms with Crippen molar-refractivity contribution < 1.29 is 17.9 Å². The fraction of sp³-hybridized carbons (Fsp3) is 0.515. The molecule has 0 unspecified atom stereocenters. The Morgan fingerprint density at radius 3 is 2.23 bits per heavy atom. The van der Waals surface area contributed by atoms with Crippen molar-refractivity contribution in [2.75, 3.05) is 79.5 Å². The van der Waals surface area contributed by atoms with Gasteiger partial charge in [-0.2, -0.15) is 9.29 Å². The number of benzene rings is 2. The normalized spacial score (nSPS) is 15.5. The molecule has 240 valence electrons. The van der Waals surface area contributed by atoms with Crippen LogP contribution >= 0.6 is 0 Å². The number of anilines is 1. The number of likely N-dealkylation sites (N-methyl/N-ethyl adjacent to an activating group) is 1. The maximum atomic E-state index is 13.3. The SMILES string of the molecule is COc1cc(C)c(S(=O)(=O)N(C)CCOc2nccc(N(C)CCCN3CCC(c4ccccc4)(N(C)C)CC3)n2)c(C)c1. The summed E-state index contributed by atoms with van der Waals surface area (Å²) in [6.07, 6.45) is 4.92. The first-order valence-electron chi connectivity index (χ1n) is 15.2. The van der Waals surface area contributed by atoms with Crippen LogP contribution in [0, 0.1) is 13.8 Å². The predicted molar refractivity (Wildman–Crippen MR) is 175 cm³/mol. The molecule has 0 radical (unpaired) electrons. The average Bonchev–Trinajstić information content (AvgIpc) is 3.01. The summed E-state index contributed by atoms with van der Waals surface area (Å²) in [6.45, 7) is 7.87. The highest BCUT2D eigenvalue weighted by molar-refractivity contribution is 7.89. The molecule has 0 saturated carbocycles. The second-order valence-corrected chi connectivity index (χ2v) is 13.9. The zero-order valence-electron chi connectivity index (χ0n) is 27.3. The molecule has 1 aromatic heterocycles. The third kappa shape index (κ3) is 7.69. The number of nitrogens with zero attached hydrogens (tertiary/aromatic N) is 6. The molecule has 0 amide bonds. The number of sulfonamides is 1. The molecule has 10 nitrogen and oxygen atoms in total. The molecule has 0 spiro atoms. The molecule has 1 aliphatic rings. The minimum absolute atomic E-state index is 0.0957. The van der Waals surface area contributed by atoms with E-state index in [2.05, 4.69) is 69.1 Å². The lowest BCUT2D eigenvalue weighted by atomic mass is 9.80. The van der Waals surface area contributed by atoms with Gasteiger partial charge in [0.15, 0.2) is 0 Å². The summed E-state index contributed by atoms with van der Waals surface area (Å²) in [5, 5.41) is 0. The Morgan fingerprint density at radius 2 is 1.61 bits per heavy atom. The average molecular weight is 625 g/mol. The van der Waals surface area contributed by atoms with Gasteiger partial charge in [-0.1, -0.05) is 30.3 Å². The van der Waals surface area contributed by atoms with Crippen LogP contribution in [0.15, 0.2) is 59.6 Å². The van der Waals surface area contributed by atoms with Crippen LogP contribution < -0.4 is 14.4 Å². The number of aryl methyl sites for hydroxylation is 2. The molecule has 3 aromatic rings. The molecule has 0 aliphatic carbocycles. The summed E-state index contributed by atoms with van der Waals surface area (Å²) in [6, 6.07) is 16.4. The number of ether oxygens (including phenoxy) is 2. The molecule has 1 aliphatic heterocycles. The number of likely N-dealkylation sites (tertiary alicyclic amines) is 1. The molecular weight excluding hydrogens is 576 g/mol. The first-order chi connectivity index (χ1) is 21.0. The van der Waals surface area contributed by atoms with E-state index in [1.807, 2.05) is 13.1 Å². The van der Waals surface area contributed by atoms with Crippen LogP contribution in [0.1, 0.15) is 36.0 Å². The van der Waals surface area contributed by atoms with Gasteiger partial charge in [0.1, 0.15) is 18.2 Å². The number of aromatic nitrogens is 2. The van der Waals surface area contributed by atoms with Crippen LogP contribution in [0.3, 0.4) is 0 Å². The summed E-state index contributed by atoms with van der Waals surface area (Å²) < 4.78 is 38.9. The molecule has 1 fully saturated rings. The minimum atomic E-state index is -3.70. The molecule has 4 rings (SSSR count). The predicted octanol–water partition coefficient (Wildman–Crippen LogP) is 4.18. The Kier molecular flexibility index (Phi) is 11.2. The summed E-state index contributed by atoms with van der Waals surface area (Å²) in [7, 11) is 5.83. The largest absolute Gasteiger partial charge is 0.497 e. The Labute approximate surface area is 263 Å². The monoisotopic (exact) mass is 624 g/mol. The van der Waals surface area contributed by atoms with Crippen LogP contribution in [0.5, 0.6) is 11.8 Å². The van der Waals surface area contributed by atoms with Crippen molar-refractivity contribution in [3.63, 3.8) is 0 Å². The van der Waals surface area contributed by atoms with Gasteiger partial charge in [0.05, 0.1) is 12.0 Å². The molecule has 44 heavy (non-hydrogen) atoms. The summed E-state index contributed by atoms with van der Waals surface area (Å²) in [5.41, 5.74) is 2.78. The summed E-state index contributed by atoms with van der Waals surface area (Å²) >= 11 is 0. The van der Waals surface area contributed by atoms with Gasteiger partial charge in [0, 0.05) is 52.0 Å². The third-order valence-corrected chi connectivity index (χ3v) is 11.0. The van der Waals surface area contributed by atoms with Gasteiger partial charge in [-0.25, -0.2) is 13.4 Å². The molecule has 11 heteroatoms. The number of piperidine rings is 1. The van der Waals surface area contributed by atoms with Crippen LogP contribution in [0.4, 0.5) is 5.82 Å². The van der Waals surface area contributed by atoms with Crippen molar-refractivity contribution >= 4 is 15.8 Å². The quantitative estimate of drug-likeness (QED) is 0.262. The highest BCUT2D eigenvalue weighted by Crippen LogP contribution is 2.37. The van der Waals surface area contributed by atoms with Crippen molar-refractivity contribution in [2.24, 2.45) is 0 Å². The molecule has 2 aromatic carbocycles. The van der Waals surface area contributed by atoms with Crippen molar-refractivity contribution in [2.45, 2.75) is 43.5 Å². The van der Waals surface area contributed by atoms with Gasteiger partial charge in [-0.15, -0.1) is 0 Å². The van der Waals surface area contributed by atoms with E-state index in [0.29, 0.717) is 21.8 Å². The number of rotatable bonds is 14. The van der Waals surface area contributed by atoms with Crippen molar-refractivity contribution in [3.8, 4) is 11.8 Å². The standard InChI is InChI=1S/C33H48N6O4S/c1-26-24-29(42-7)25-27(2)31(26)44(40,41)38(6)22-23-43-32-34-17-14-30(35-32)37(5)18-11-19-39-20-15-33(16-21-39,36(3)4)28-12-9-8-10-13-28/h8-10,12-14,17,24-25H,11,15-16,18-23H2,1-7H3. The van der Waals surface area contributed by atoms with Gasteiger partial charge in [0.2, 0.25) is 10.0 Å². The zero-order valence-corrected chi connectivity index (χ0v) is 28.1. The van der Waals surface area contributed by atoms with Crippen molar-refractivity contribution in [1.29, 1.82) is 0 Å². The van der Waals surface area contributed by atoms with E-state index < -0.39 is 10.0 Å². The van der Waals surface area contributed by atoms with E-state index in [1.54, 1.807) is 46.3 Å². The lowest BCUT2D eigenvalue weighted by molar-refractivity contribution is 0.0537. The molecule has 2 heterocycles. The molecule has 1 saturated heterocycles. The van der Waals surface area contributed by atoms with E-state index in [0.717, 1.165) is 51.3 Å². The van der Waals surface area contributed by atoms with Gasteiger partial charge < -0.3 is 19.3 Å². The van der Waals surface area contributed by atoms with E-state index in [-0.39, 0.29) is 24.7 Å². The Balaban J connectivity index is 1.25. The Morgan fingerprint density at radius 1 is 0.955 bits per heavy atom. The van der Waals surface area contributed by atoms with Gasteiger partial charge in [-0.3, -0.25) is 4.90 Å². The summed E-state index contributed by atoms with van der Waals surface area (Å²) in [5.74, 6) is 1.41. The number of hydrogen-bond donors (Lipinski definition) is 0. The van der Waals surface area contributed by atoms with Crippen molar-refractivity contribution in [1.82, 2.24) is 24.1 Å². The third-order valence-electron chi connectivity index (χ3n) is 8.80. The lowest BCUT2D eigenvalue weighted by Gasteiger charge is -2.46. The summed E-state index contributed by atoms with van der Waals surface area (Å²) in [4.78, 5) is 16.2. The molecule has 0 bridgehead atoms. The first-order valence-corrected chi connectivity index (χ1v) is 16.7. The minimum Gasteiger partial charge on any atom is -0.497 e. The van der Waals surface area contributed by atoms with Gasteiger partial charge in [0.25, 0.3) is 0 Å². The van der Waals surface area contributed by atoms with Gasteiger partial charge >= 0.3 is 6.01 Å². The maximum Gasteiger partial charge on any atom is 0.318 e. The van der Waals surface area contributed by atoms with Crippen LogP contribution in [0.25, 0.3) is 0 Å². The Bertz CT molecular complexity index is 1450. The molecule has 0 N–H and O–H groups in total. The molecule has 0 atom stereocenters. The van der Waals surface area contributed by atoms with Gasteiger partial charge in [-0.05, 0) is 88.6 Å². The fourth-order valence-electron chi connectivity index (χ4n) is 6.13. The number of methoxy groups -OCH3 is 1. The van der Waals surface area contributed by atoms with Crippen LogP contribution in [-0.2, 0) is 15.6 Å². The van der Waals surface area contributed by atoms with Crippen molar-refractivity contribution in [3.05, 3.63) is 71.4 Å². The van der Waals surface area contributed by atoms with E-state index in [1.165, 1.54) is 9.87 Å². The smallest absolute Gasteiger partial charge is 0.318 e. The topological polar surface area (TPSA) is 91.3 Å². The van der Waals surface area contributed by atoms with E-state index >= 15 is 0 Å². The van der Waals surface area contributed by atoms with E-state index in [4.69, 9.17) is 9.47 Å². The second kappa shape index (κ2) is 14.7. The maximum absolute atomic E-state index is 13.3. The lowest BCUT2D eigenvalue weighted by Crippen LogP contribution is -2.50. The van der Waals surface area contributed by atoms with E-state index in [9.17, 15) is 8.42 Å². The molecular formula is C33H48N6O4S. The fourth-order valence-corrected chi connectivity index (χ4v) is 7.68.